The predicted molar refractivity (Wildman–Crippen MR) is 126 cm³/mol. The molecule has 35 heavy (non-hydrogen) atoms. The Balaban J connectivity index is 1.64. The van der Waals surface area contributed by atoms with Crippen LogP contribution in [0.3, 0.4) is 0 Å². The molecule has 0 aliphatic carbocycles. The lowest BCUT2D eigenvalue weighted by Crippen LogP contribution is -2.32. The number of amides is 2. The lowest BCUT2D eigenvalue weighted by Gasteiger charge is -2.20. The average molecular weight is 469 g/mol. The standard InChI is InChI=1S/C25H20FN7O2/c1-32-11-10-28-23(32)20(16-8-5-9-17(26)12-16)31-25(35)19-13-18(15-6-3-2-4-7-15)30-24-21(22(27)34)29-14-33(19)24/h2-14,20H,1H3,(H2,27,34)(H,31,35)/t20-/m1/s1. The van der Waals surface area contributed by atoms with Crippen molar-refractivity contribution in [3.05, 3.63) is 108 Å². The number of primary amides is 1. The average Bonchev–Trinajstić information content (AvgIpc) is 3.48. The maximum Gasteiger partial charge on any atom is 0.271 e. The summed E-state index contributed by atoms with van der Waals surface area (Å²) in [6.07, 6.45) is 4.66. The highest BCUT2D eigenvalue weighted by atomic mass is 19.1. The fraction of sp³-hybridized carbons (Fsp3) is 0.0800. The van der Waals surface area contributed by atoms with Crippen molar-refractivity contribution >= 4 is 17.5 Å². The van der Waals surface area contributed by atoms with Crippen LogP contribution in [-0.4, -0.2) is 35.7 Å². The zero-order valence-corrected chi connectivity index (χ0v) is 18.6. The van der Waals surface area contributed by atoms with Crippen molar-refractivity contribution < 1.29 is 14.0 Å². The van der Waals surface area contributed by atoms with Crippen LogP contribution in [-0.2, 0) is 7.05 Å². The van der Waals surface area contributed by atoms with Gasteiger partial charge in [0, 0.05) is 25.0 Å². The smallest absolute Gasteiger partial charge is 0.271 e. The van der Waals surface area contributed by atoms with E-state index in [4.69, 9.17) is 5.73 Å². The highest BCUT2D eigenvalue weighted by molar-refractivity contribution is 5.99. The number of nitrogens with zero attached hydrogens (tertiary/aromatic N) is 5. The Morgan fingerprint density at radius 2 is 1.86 bits per heavy atom. The van der Waals surface area contributed by atoms with Gasteiger partial charge in [0.2, 0.25) is 0 Å². The second-order valence-electron chi connectivity index (χ2n) is 7.90. The zero-order chi connectivity index (χ0) is 24.5. The molecule has 0 bridgehead atoms. The second-order valence-corrected chi connectivity index (χ2v) is 7.90. The molecule has 3 aromatic heterocycles. The third kappa shape index (κ3) is 4.12. The van der Waals surface area contributed by atoms with Gasteiger partial charge in [-0.25, -0.2) is 19.3 Å². The summed E-state index contributed by atoms with van der Waals surface area (Å²) in [6, 6.07) is 16.0. The molecule has 2 amide bonds. The van der Waals surface area contributed by atoms with E-state index in [0.717, 1.165) is 5.56 Å². The van der Waals surface area contributed by atoms with Gasteiger partial charge < -0.3 is 15.6 Å². The van der Waals surface area contributed by atoms with Crippen molar-refractivity contribution in [2.45, 2.75) is 6.04 Å². The highest BCUT2D eigenvalue weighted by Crippen LogP contribution is 2.24. The summed E-state index contributed by atoms with van der Waals surface area (Å²) < 4.78 is 17.2. The number of imidazole rings is 2. The summed E-state index contributed by atoms with van der Waals surface area (Å²) in [5.41, 5.74) is 7.49. The summed E-state index contributed by atoms with van der Waals surface area (Å²) in [5, 5.41) is 2.95. The fourth-order valence-electron chi connectivity index (χ4n) is 3.92. The van der Waals surface area contributed by atoms with Crippen molar-refractivity contribution in [1.29, 1.82) is 0 Å². The van der Waals surface area contributed by atoms with Crippen molar-refractivity contribution in [3.8, 4) is 11.3 Å². The van der Waals surface area contributed by atoms with Gasteiger partial charge in [0.05, 0.1) is 5.69 Å². The largest absolute Gasteiger partial charge is 0.364 e. The summed E-state index contributed by atoms with van der Waals surface area (Å²) in [5.74, 6) is -1.18. The number of nitrogens with one attached hydrogen (secondary N) is 1. The first kappa shape index (κ1) is 22.0. The summed E-state index contributed by atoms with van der Waals surface area (Å²) in [7, 11) is 1.79. The molecule has 2 aromatic carbocycles. The van der Waals surface area contributed by atoms with Crippen molar-refractivity contribution in [2.24, 2.45) is 12.8 Å². The number of hydrogen-bond acceptors (Lipinski definition) is 5. The van der Waals surface area contributed by atoms with Gasteiger partial charge in [-0.15, -0.1) is 0 Å². The molecule has 0 aliphatic rings. The number of carbonyl (C=O) groups is 2. The van der Waals surface area contributed by atoms with E-state index < -0.39 is 23.7 Å². The Hall–Kier alpha value is -4.86. The van der Waals surface area contributed by atoms with Crippen LogP contribution < -0.4 is 11.1 Å². The van der Waals surface area contributed by atoms with Crippen molar-refractivity contribution in [3.63, 3.8) is 0 Å². The SMILES string of the molecule is Cn1ccnc1[C@H](NC(=O)c1cc(-c2ccccc2)nc2c(C(N)=O)ncn12)c1cccc(F)c1. The van der Waals surface area contributed by atoms with Gasteiger partial charge in [-0.2, -0.15) is 0 Å². The predicted octanol–water partition coefficient (Wildman–Crippen LogP) is 2.89. The van der Waals surface area contributed by atoms with E-state index in [-0.39, 0.29) is 17.0 Å². The Morgan fingerprint density at radius 3 is 2.54 bits per heavy atom. The number of benzene rings is 2. The molecule has 0 aliphatic heterocycles. The number of aromatic nitrogens is 5. The van der Waals surface area contributed by atoms with Crippen molar-refractivity contribution in [1.82, 2.24) is 29.2 Å². The third-order valence-electron chi connectivity index (χ3n) is 5.61. The van der Waals surface area contributed by atoms with E-state index in [1.54, 1.807) is 42.2 Å². The first-order chi connectivity index (χ1) is 16.9. The molecular formula is C25H20FN7O2. The molecule has 10 heteroatoms. The Kier molecular flexibility index (Phi) is 5.54. The minimum atomic E-state index is -0.762. The molecule has 3 N–H and O–H groups in total. The summed E-state index contributed by atoms with van der Waals surface area (Å²) >= 11 is 0. The van der Waals surface area contributed by atoms with Gasteiger partial charge in [0.15, 0.2) is 11.3 Å². The minimum Gasteiger partial charge on any atom is -0.364 e. The Morgan fingerprint density at radius 1 is 1.06 bits per heavy atom. The normalized spacial score (nSPS) is 11.9. The third-order valence-corrected chi connectivity index (χ3v) is 5.61. The minimum absolute atomic E-state index is 0.0531. The molecule has 5 rings (SSSR count). The van der Waals surface area contributed by atoms with E-state index >= 15 is 0 Å². The number of carbonyl (C=O) groups excluding carboxylic acids is 2. The highest BCUT2D eigenvalue weighted by Gasteiger charge is 2.25. The molecule has 0 fully saturated rings. The number of nitrogens with two attached hydrogens (primary N) is 1. The first-order valence-electron chi connectivity index (χ1n) is 10.7. The molecular weight excluding hydrogens is 449 g/mol. The molecule has 0 saturated heterocycles. The van der Waals surface area contributed by atoms with E-state index in [0.29, 0.717) is 17.1 Å². The van der Waals surface area contributed by atoms with Crippen LogP contribution in [0.2, 0.25) is 0 Å². The fourth-order valence-corrected chi connectivity index (χ4v) is 3.92. The van der Waals surface area contributed by atoms with Crippen molar-refractivity contribution in [2.75, 3.05) is 0 Å². The summed E-state index contributed by atoms with van der Waals surface area (Å²) in [4.78, 5) is 38.6. The van der Waals surface area contributed by atoms with E-state index in [2.05, 4.69) is 20.3 Å². The van der Waals surface area contributed by atoms with Gasteiger partial charge in [-0.05, 0) is 23.8 Å². The molecule has 0 saturated carbocycles. The zero-order valence-electron chi connectivity index (χ0n) is 18.6. The maximum absolute atomic E-state index is 14.1. The Bertz CT molecular complexity index is 1560. The van der Waals surface area contributed by atoms with Gasteiger partial charge >= 0.3 is 0 Å². The maximum atomic E-state index is 14.1. The van der Waals surface area contributed by atoms with Crippen LogP contribution in [0.1, 0.15) is 38.4 Å². The first-order valence-corrected chi connectivity index (χ1v) is 10.7. The van der Waals surface area contributed by atoms with E-state index in [1.807, 2.05) is 30.3 Å². The molecule has 174 valence electrons. The molecule has 3 heterocycles. The van der Waals surface area contributed by atoms with Crippen LogP contribution in [0.4, 0.5) is 4.39 Å². The van der Waals surface area contributed by atoms with Gasteiger partial charge in [-0.1, -0.05) is 42.5 Å². The van der Waals surface area contributed by atoms with Crippen LogP contribution in [0.5, 0.6) is 0 Å². The monoisotopic (exact) mass is 469 g/mol. The Labute approximate surface area is 199 Å². The number of halogens is 1. The number of rotatable bonds is 6. The molecule has 0 radical (unpaired) electrons. The molecule has 0 spiro atoms. The topological polar surface area (TPSA) is 120 Å². The number of aryl methyl sites for hydroxylation is 1. The lowest BCUT2D eigenvalue weighted by molar-refractivity contribution is 0.0933. The van der Waals surface area contributed by atoms with Gasteiger partial charge in [0.1, 0.15) is 29.7 Å². The lowest BCUT2D eigenvalue weighted by atomic mass is 10.1. The van der Waals surface area contributed by atoms with Crippen LogP contribution in [0.15, 0.2) is 79.4 Å². The van der Waals surface area contributed by atoms with Crippen LogP contribution >= 0.6 is 0 Å². The van der Waals surface area contributed by atoms with E-state index in [1.165, 1.54) is 22.9 Å². The quantitative estimate of drug-likeness (QED) is 0.396. The number of hydrogen-bond donors (Lipinski definition) is 2. The van der Waals surface area contributed by atoms with Crippen LogP contribution in [0, 0.1) is 5.82 Å². The molecule has 9 nitrogen and oxygen atoms in total. The van der Waals surface area contributed by atoms with Gasteiger partial charge in [0.25, 0.3) is 11.8 Å². The summed E-state index contributed by atoms with van der Waals surface area (Å²) in [6.45, 7) is 0. The number of fused-ring (bicyclic) bond motifs is 1. The molecule has 1 atom stereocenters. The van der Waals surface area contributed by atoms with Crippen LogP contribution in [0.25, 0.3) is 16.9 Å². The second kappa shape index (κ2) is 8.82. The molecule has 5 aromatic rings. The van der Waals surface area contributed by atoms with E-state index in [9.17, 15) is 14.0 Å². The molecule has 0 unspecified atom stereocenters. The van der Waals surface area contributed by atoms with Gasteiger partial charge in [-0.3, -0.25) is 14.0 Å².